The van der Waals surface area contributed by atoms with Gasteiger partial charge in [-0.15, -0.1) is 0 Å². The lowest BCUT2D eigenvalue weighted by Crippen LogP contribution is -2.42. The zero-order valence-corrected chi connectivity index (χ0v) is 10.6. The maximum atomic E-state index is 12.2. The second-order valence-corrected chi connectivity index (χ2v) is 4.41. The predicted octanol–water partition coefficient (Wildman–Crippen LogP) is 0.924. The molecule has 1 aromatic rings. The molecule has 0 bridgehead atoms. The molecule has 0 aliphatic carbocycles. The van der Waals surface area contributed by atoms with Gasteiger partial charge in [-0.05, 0) is 19.9 Å². The fourth-order valence-corrected chi connectivity index (χ4v) is 1.52. The van der Waals surface area contributed by atoms with E-state index in [1.54, 1.807) is 0 Å². The fraction of sp³-hybridized carbons (Fsp3) is 0.364. The maximum Gasteiger partial charge on any atom is 0.258 e. The first-order chi connectivity index (χ1) is 7.93. The number of nitrogens with zero attached hydrogens (tertiary/aromatic N) is 2. The van der Waals surface area contributed by atoms with E-state index >= 15 is 0 Å². The van der Waals surface area contributed by atoms with Gasteiger partial charge in [0.05, 0.1) is 23.3 Å². The van der Waals surface area contributed by atoms with Crippen LogP contribution in [0.25, 0.3) is 0 Å². The standard InChI is InChI=1S/C11H15N3O2S/c1-7(2)14(6-10(12)17)11(16)8-3-4-13-5-9(8)15/h3-5,7,15H,6H2,1-2H3,(H2,12,17). The number of nitrogens with two attached hydrogens (primary N) is 1. The van der Waals surface area contributed by atoms with Gasteiger partial charge < -0.3 is 15.7 Å². The Hall–Kier alpha value is -1.69. The molecule has 0 unspecified atom stereocenters. The van der Waals surface area contributed by atoms with Crippen LogP contribution in [0.1, 0.15) is 24.2 Å². The molecule has 17 heavy (non-hydrogen) atoms. The van der Waals surface area contributed by atoms with E-state index in [0.29, 0.717) is 0 Å². The molecule has 6 heteroatoms. The summed E-state index contributed by atoms with van der Waals surface area (Å²) in [5, 5.41) is 9.57. The number of hydrogen-bond donors (Lipinski definition) is 2. The molecule has 0 aliphatic heterocycles. The molecule has 0 spiro atoms. The van der Waals surface area contributed by atoms with Crippen LogP contribution in [0.4, 0.5) is 0 Å². The molecule has 0 atom stereocenters. The summed E-state index contributed by atoms with van der Waals surface area (Å²) in [4.78, 5) is 17.6. The summed E-state index contributed by atoms with van der Waals surface area (Å²) in [7, 11) is 0. The number of carbonyl (C=O) groups excluding carboxylic acids is 1. The zero-order chi connectivity index (χ0) is 13.0. The minimum absolute atomic E-state index is 0.0587. The molecule has 0 radical (unpaired) electrons. The first-order valence-electron chi connectivity index (χ1n) is 5.15. The average molecular weight is 253 g/mol. The number of amides is 1. The van der Waals surface area contributed by atoms with Crippen LogP contribution in [0, 0.1) is 0 Å². The van der Waals surface area contributed by atoms with Gasteiger partial charge in [0.25, 0.3) is 5.91 Å². The zero-order valence-electron chi connectivity index (χ0n) is 9.75. The van der Waals surface area contributed by atoms with Crippen molar-refractivity contribution in [2.75, 3.05) is 6.54 Å². The molecular formula is C11H15N3O2S. The number of thiocarbonyl (C=S) groups is 1. The van der Waals surface area contributed by atoms with Crippen LogP contribution >= 0.6 is 12.2 Å². The minimum Gasteiger partial charge on any atom is -0.505 e. The maximum absolute atomic E-state index is 12.2. The van der Waals surface area contributed by atoms with E-state index in [-0.39, 0.29) is 34.8 Å². The topological polar surface area (TPSA) is 79.5 Å². The summed E-state index contributed by atoms with van der Waals surface area (Å²) >= 11 is 4.80. The van der Waals surface area contributed by atoms with E-state index < -0.39 is 0 Å². The van der Waals surface area contributed by atoms with Gasteiger partial charge in [0.2, 0.25) is 0 Å². The van der Waals surface area contributed by atoms with E-state index in [1.165, 1.54) is 23.4 Å². The Morgan fingerprint density at radius 2 is 2.29 bits per heavy atom. The highest BCUT2D eigenvalue weighted by Gasteiger charge is 2.21. The van der Waals surface area contributed by atoms with Crippen LogP contribution in [0.5, 0.6) is 5.75 Å². The van der Waals surface area contributed by atoms with Crippen molar-refractivity contribution in [1.82, 2.24) is 9.88 Å². The molecule has 0 saturated carbocycles. The largest absolute Gasteiger partial charge is 0.505 e. The number of carbonyl (C=O) groups is 1. The van der Waals surface area contributed by atoms with Gasteiger partial charge >= 0.3 is 0 Å². The van der Waals surface area contributed by atoms with E-state index in [1.807, 2.05) is 13.8 Å². The van der Waals surface area contributed by atoms with Crippen LogP contribution in [0.15, 0.2) is 18.5 Å². The summed E-state index contributed by atoms with van der Waals surface area (Å²) in [5.74, 6) is -0.459. The molecule has 0 aromatic carbocycles. The minimum atomic E-state index is -0.312. The highest BCUT2D eigenvalue weighted by Crippen LogP contribution is 2.17. The molecular weight excluding hydrogens is 238 g/mol. The molecule has 0 aliphatic rings. The van der Waals surface area contributed by atoms with Crippen molar-refractivity contribution >= 4 is 23.1 Å². The van der Waals surface area contributed by atoms with Crippen molar-refractivity contribution < 1.29 is 9.90 Å². The molecule has 0 fully saturated rings. The molecule has 1 amide bonds. The van der Waals surface area contributed by atoms with Gasteiger partial charge in [-0.1, -0.05) is 12.2 Å². The average Bonchev–Trinajstić information content (AvgIpc) is 2.25. The lowest BCUT2D eigenvalue weighted by Gasteiger charge is -2.26. The van der Waals surface area contributed by atoms with Crippen LogP contribution < -0.4 is 5.73 Å². The Morgan fingerprint density at radius 3 is 2.76 bits per heavy atom. The molecule has 1 aromatic heterocycles. The lowest BCUT2D eigenvalue weighted by atomic mass is 10.2. The number of aromatic hydroxyl groups is 1. The van der Waals surface area contributed by atoms with Gasteiger partial charge in [-0.25, -0.2) is 0 Å². The third-order valence-corrected chi connectivity index (χ3v) is 2.37. The summed E-state index contributed by atoms with van der Waals surface area (Å²) < 4.78 is 0. The van der Waals surface area contributed by atoms with E-state index in [9.17, 15) is 9.90 Å². The summed E-state index contributed by atoms with van der Waals surface area (Å²) in [5.41, 5.74) is 5.65. The number of hydrogen-bond acceptors (Lipinski definition) is 4. The van der Waals surface area contributed by atoms with Gasteiger partial charge in [0.15, 0.2) is 0 Å². The van der Waals surface area contributed by atoms with Gasteiger partial charge in [0, 0.05) is 12.2 Å². The van der Waals surface area contributed by atoms with Crippen molar-refractivity contribution in [3.63, 3.8) is 0 Å². The quantitative estimate of drug-likeness (QED) is 0.780. The van der Waals surface area contributed by atoms with Crippen LogP contribution in [-0.2, 0) is 0 Å². The Labute approximate surface area is 105 Å². The van der Waals surface area contributed by atoms with Crippen LogP contribution in [-0.4, -0.2) is 38.5 Å². The van der Waals surface area contributed by atoms with Crippen molar-refractivity contribution in [1.29, 1.82) is 0 Å². The highest BCUT2D eigenvalue weighted by atomic mass is 32.1. The smallest absolute Gasteiger partial charge is 0.258 e. The van der Waals surface area contributed by atoms with E-state index in [0.717, 1.165) is 0 Å². The highest BCUT2D eigenvalue weighted by molar-refractivity contribution is 7.80. The van der Waals surface area contributed by atoms with Crippen molar-refractivity contribution in [3.05, 3.63) is 24.0 Å². The number of rotatable bonds is 4. The first kappa shape index (κ1) is 13.4. The fourth-order valence-electron chi connectivity index (χ4n) is 1.38. The summed E-state index contributed by atoms with van der Waals surface area (Å²) in [6, 6.07) is 1.41. The van der Waals surface area contributed by atoms with Crippen molar-refractivity contribution in [2.45, 2.75) is 19.9 Å². The Balaban J connectivity index is 3.00. The number of pyridine rings is 1. The molecule has 3 N–H and O–H groups in total. The Morgan fingerprint density at radius 1 is 1.65 bits per heavy atom. The second-order valence-electron chi connectivity index (χ2n) is 3.89. The Bertz CT molecular complexity index is 434. The summed E-state index contributed by atoms with van der Waals surface area (Å²) in [6.07, 6.45) is 2.68. The summed E-state index contributed by atoms with van der Waals surface area (Å²) in [6.45, 7) is 3.90. The number of aromatic nitrogens is 1. The monoisotopic (exact) mass is 253 g/mol. The lowest BCUT2D eigenvalue weighted by molar-refractivity contribution is 0.0733. The van der Waals surface area contributed by atoms with E-state index in [2.05, 4.69) is 4.98 Å². The SMILES string of the molecule is CC(C)N(CC(N)=S)C(=O)c1ccncc1O. The van der Waals surface area contributed by atoms with Crippen LogP contribution in [0.3, 0.4) is 0 Å². The molecule has 1 heterocycles. The molecule has 1 rings (SSSR count). The van der Waals surface area contributed by atoms with Crippen LogP contribution in [0.2, 0.25) is 0 Å². The third kappa shape index (κ3) is 3.39. The normalized spacial score (nSPS) is 10.3. The molecule has 5 nitrogen and oxygen atoms in total. The first-order valence-corrected chi connectivity index (χ1v) is 5.56. The second kappa shape index (κ2) is 5.58. The van der Waals surface area contributed by atoms with Crippen molar-refractivity contribution in [3.8, 4) is 5.75 Å². The van der Waals surface area contributed by atoms with E-state index in [4.69, 9.17) is 18.0 Å². The van der Waals surface area contributed by atoms with Crippen molar-refractivity contribution in [2.24, 2.45) is 5.73 Å². The van der Waals surface area contributed by atoms with Gasteiger partial charge in [0.1, 0.15) is 5.75 Å². The van der Waals surface area contributed by atoms with Gasteiger partial charge in [-0.3, -0.25) is 9.78 Å². The Kier molecular flexibility index (Phi) is 4.39. The molecule has 0 saturated heterocycles. The predicted molar refractivity (Wildman–Crippen MR) is 68.9 cm³/mol. The van der Waals surface area contributed by atoms with Gasteiger partial charge in [-0.2, -0.15) is 0 Å². The molecule has 92 valence electrons. The third-order valence-electron chi connectivity index (χ3n) is 2.24.